The summed E-state index contributed by atoms with van der Waals surface area (Å²) in [5, 5.41) is 2.69. The van der Waals surface area contributed by atoms with Crippen molar-refractivity contribution in [2.75, 3.05) is 19.7 Å². The topological polar surface area (TPSA) is 104 Å². The number of esters is 1. The number of carbonyl (C=O) groups is 3. The molecule has 0 radical (unpaired) electrons. The number of ether oxygens (including phenoxy) is 1. The van der Waals surface area contributed by atoms with Gasteiger partial charge in [-0.25, -0.2) is 14.2 Å². The van der Waals surface area contributed by atoms with E-state index in [1.165, 1.54) is 35.5 Å². The summed E-state index contributed by atoms with van der Waals surface area (Å²) >= 11 is 0. The van der Waals surface area contributed by atoms with Gasteiger partial charge in [-0.3, -0.25) is 9.59 Å². The Labute approximate surface area is 148 Å². The van der Waals surface area contributed by atoms with Crippen LogP contribution in [0.3, 0.4) is 0 Å². The van der Waals surface area contributed by atoms with Gasteiger partial charge in [0.25, 0.3) is 5.91 Å². The number of aromatic amines is 1. The molecule has 8 nitrogen and oxygen atoms in total. The van der Waals surface area contributed by atoms with Gasteiger partial charge in [0.05, 0.1) is 12.9 Å². The molecule has 9 heteroatoms. The Morgan fingerprint density at radius 2 is 2.08 bits per heavy atom. The maximum atomic E-state index is 13.2. The lowest BCUT2D eigenvalue weighted by atomic mass is 10.0. The van der Waals surface area contributed by atoms with Crippen LogP contribution in [-0.2, 0) is 9.53 Å². The molecule has 0 saturated carbocycles. The van der Waals surface area contributed by atoms with Gasteiger partial charge in [0.15, 0.2) is 11.4 Å². The van der Waals surface area contributed by atoms with Crippen molar-refractivity contribution in [1.82, 2.24) is 20.2 Å². The van der Waals surface area contributed by atoms with Gasteiger partial charge < -0.3 is 19.9 Å². The van der Waals surface area contributed by atoms with Crippen molar-refractivity contribution in [3.05, 3.63) is 53.4 Å². The van der Waals surface area contributed by atoms with Gasteiger partial charge in [0, 0.05) is 13.1 Å². The second-order valence-electron chi connectivity index (χ2n) is 5.59. The van der Waals surface area contributed by atoms with Crippen LogP contribution in [0.4, 0.5) is 4.39 Å². The number of carbonyl (C=O) groups excluding carboxylic acids is 3. The molecule has 1 atom stereocenters. The first-order valence-electron chi connectivity index (χ1n) is 8.07. The molecule has 1 aromatic carbocycles. The molecule has 2 heterocycles. The molecule has 2 amide bonds. The first kappa shape index (κ1) is 17.6. The van der Waals surface area contributed by atoms with Crippen LogP contribution >= 0.6 is 0 Å². The quantitative estimate of drug-likeness (QED) is 0.793. The molecule has 26 heavy (non-hydrogen) atoms. The van der Waals surface area contributed by atoms with Gasteiger partial charge in [-0.05, 0) is 24.6 Å². The van der Waals surface area contributed by atoms with E-state index in [4.69, 9.17) is 4.74 Å². The molecule has 0 unspecified atom stereocenters. The van der Waals surface area contributed by atoms with Gasteiger partial charge in [0.1, 0.15) is 11.9 Å². The SMILES string of the molecule is CCOC(=O)c1[nH]cnc1C(=O)N1CCNC(=O)[C@@H]1c1ccc(F)cc1. The molecule has 1 fully saturated rings. The third-order valence-electron chi connectivity index (χ3n) is 3.98. The number of amides is 2. The van der Waals surface area contributed by atoms with Crippen molar-refractivity contribution < 1.29 is 23.5 Å². The highest BCUT2D eigenvalue weighted by atomic mass is 19.1. The summed E-state index contributed by atoms with van der Waals surface area (Å²) in [7, 11) is 0. The number of halogens is 1. The Balaban J connectivity index is 1.94. The number of nitrogens with zero attached hydrogens (tertiary/aromatic N) is 2. The zero-order chi connectivity index (χ0) is 18.7. The normalized spacial score (nSPS) is 16.9. The van der Waals surface area contributed by atoms with Gasteiger partial charge in [0.2, 0.25) is 5.91 Å². The van der Waals surface area contributed by atoms with Crippen LogP contribution in [0.1, 0.15) is 39.5 Å². The van der Waals surface area contributed by atoms with Crippen LogP contribution in [0.25, 0.3) is 0 Å². The van der Waals surface area contributed by atoms with Gasteiger partial charge in [-0.2, -0.15) is 0 Å². The first-order chi connectivity index (χ1) is 12.5. The Kier molecular flexibility index (Phi) is 4.97. The summed E-state index contributed by atoms with van der Waals surface area (Å²) in [5.41, 5.74) is 0.274. The zero-order valence-corrected chi connectivity index (χ0v) is 14.0. The highest BCUT2D eigenvalue weighted by molar-refractivity contribution is 6.04. The van der Waals surface area contributed by atoms with Gasteiger partial charge in [-0.15, -0.1) is 0 Å². The van der Waals surface area contributed by atoms with Crippen LogP contribution in [0.2, 0.25) is 0 Å². The molecule has 2 aromatic rings. The third kappa shape index (κ3) is 3.28. The second-order valence-corrected chi connectivity index (χ2v) is 5.59. The summed E-state index contributed by atoms with van der Waals surface area (Å²) in [6, 6.07) is 4.39. The van der Waals surface area contributed by atoms with Crippen molar-refractivity contribution in [2.24, 2.45) is 0 Å². The minimum absolute atomic E-state index is 0.0688. The van der Waals surface area contributed by atoms with Crippen molar-refractivity contribution >= 4 is 17.8 Å². The van der Waals surface area contributed by atoms with E-state index >= 15 is 0 Å². The molecule has 0 spiro atoms. The maximum Gasteiger partial charge on any atom is 0.357 e. The number of piperazine rings is 1. The molecule has 136 valence electrons. The van der Waals surface area contributed by atoms with Gasteiger partial charge >= 0.3 is 5.97 Å². The van der Waals surface area contributed by atoms with Crippen LogP contribution in [0, 0.1) is 5.82 Å². The minimum Gasteiger partial charge on any atom is -0.461 e. The minimum atomic E-state index is -0.941. The van der Waals surface area contributed by atoms with E-state index in [2.05, 4.69) is 15.3 Å². The molecule has 0 bridgehead atoms. The van der Waals surface area contributed by atoms with Crippen molar-refractivity contribution in [3.63, 3.8) is 0 Å². The van der Waals surface area contributed by atoms with E-state index in [1.807, 2.05) is 0 Å². The van der Waals surface area contributed by atoms with E-state index < -0.39 is 23.7 Å². The number of benzene rings is 1. The predicted octanol–water partition coefficient (Wildman–Crippen LogP) is 1.04. The molecule has 1 aliphatic heterocycles. The molecule has 1 saturated heterocycles. The zero-order valence-electron chi connectivity index (χ0n) is 14.0. The van der Waals surface area contributed by atoms with E-state index in [0.717, 1.165) is 0 Å². The van der Waals surface area contributed by atoms with Crippen molar-refractivity contribution in [3.8, 4) is 0 Å². The highest BCUT2D eigenvalue weighted by Gasteiger charge is 2.37. The Hall–Kier alpha value is -3.23. The smallest absolute Gasteiger partial charge is 0.357 e. The molecule has 1 aliphatic rings. The van der Waals surface area contributed by atoms with E-state index in [0.29, 0.717) is 5.56 Å². The lowest BCUT2D eigenvalue weighted by Crippen LogP contribution is -2.52. The molecule has 2 N–H and O–H groups in total. The summed E-state index contributed by atoms with van der Waals surface area (Å²) in [4.78, 5) is 45.2. The van der Waals surface area contributed by atoms with E-state index in [-0.39, 0.29) is 37.0 Å². The molecule has 0 aliphatic carbocycles. The summed E-state index contributed by atoms with van der Waals surface area (Å²) in [6.45, 7) is 2.29. The van der Waals surface area contributed by atoms with Crippen LogP contribution in [0.5, 0.6) is 0 Å². The first-order valence-corrected chi connectivity index (χ1v) is 8.07. The number of nitrogens with one attached hydrogen (secondary N) is 2. The Morgan fingerprint density at radius 3 is 2.77 bits per heavy atom. The summed E-state index contributed by atoms with van der Waals surface area (Å²) in [5.74, 6) is -2.12. The molecular weight excluding hydrogens is 343 g/mol. The lowest BCUT2D eigenvalue weighted by molar-refractivity contribution is -0.128. The van der Waals surface area contributed by atoms with Crippen molar-refractivity contribution in [2.45, 2.75) is 13.0 Å². The van der Waals surface area contributed by atoms with Crippen molar-refractivity contribution in [1.29, 1.82) is 0 Å². The standard InChI is InChI=1S/C17H17FN4O4/c1-2-26-17(25)13-12(20-9-21-13)16(24)22-8-7-19-15(23)14(22)10-3-5-11(18)6-4-10/h3-6,9,14H,2,7-8H2,1H3,(H,19,23)(H,20,21)/t14-/m0/s1. The fourth-order valence-electron chi connectivity index (χ4n) is 2.81. The number of hydrogen-bond acceptors (Lipinski definition) is 5. The monoisotopic (exact) mass is 360 g/mol. The fraction of sp³-hybridized carbons (Fsp3) is 0.294. The predicted molar refractivity (Wildman–Crippen MR) is 87.7 cm³/mol. The van der Waals surface area contributed by atoms with Crippen LogP contribution < -0.4 is 5.32 Å². The second kappa shape index (κ2) is 7.34. The molecular formula is C17H17FN4O4. The van der Waals surface area contributed by atoms with E-state index in [1.54, 1.807) is 6.92 Å². The number of rotatable bonds is 4. The summed E-state index contributed by atoms with van der Waals surface area (Å²) < 4.78 is 18.1. The number of imidazole rings is 1. The Bertz CT molecular complexity index is 834. The highest BCUT2D eigenvalue weighted by Crippen LogP contribution is 2.25. The average molecular weight is 360 g/mol. The lowest BCUT2D eigenvalue weighted by Gasteiger charge is -2.35. The third-order valence-corrected chi connectivity index (χ3v) is 3.98. The molecule has 1 aromatic heterocycles. The van der Waals surface area contributed by atoms with Crippen LogP contribution in [-0.4, -0.2) is 52.3 Å². The summed E-state index contributed by atoms with van der Waals surface area (Å²) in [6.07, 6.45) is 1.22. The number of H-pyrrole nitrogens is 1. The number of hydrogen-bond donors (Lipinski definition) is 2. The Morgan fingerprint density at radius 1 is 1.35 bits per heavy atom. The van der Waals surface area contributed by atoms with Gasteiger partial charge in [-0.1, -0.05) is 12.1 Å². The average Bonchev–Trinajstić information content (AvgIpc) is 3.12. The number of aromatic nitrogens is 2. The fourth-order valence-corrected chi connectivity index (χ4v) is 2.81. The molecule has 3 rings (SSSR count). The van der Waals surface area contributed by atoms with Crippen LogP contribution in [0.15, 0.2) is 30.6 Å². The maximum absolute atomic E-state index is 13.2. The largest absolute Gasteiger partial charge is 0.461 e. The van der Waals surface area contributed by atoms with E-state index in [9.17, 15) is 18.8 Å².